The molecular formula is C8H14NO3P. The highest BCUT2D eigenvalue weighted by molar-refractivity contribution is 7.30. The summed E-state index contributed by atoms with van der Waals surface area (Å²) in [5.41, 5.74) is 0. The fourth-order valence-electron chi connectivity index (χ4n) is 0.867. The molecule has 4 nitrogen and oxygen atoms in total. The molecule has 0 amide bonds. The second-order valence-corrected chi connectivity index (χ2v) is 3.10. The summed E-state index contributed by atoms with van der Waals surface area (Å²) >= 11 is 0. The Bertz CT molecular complexity index is 174. The maximum absolute atomic E-state index is 10.1. The van der Waals surface area contributed by atoms with Crippen LogP contribution >= 0.6 is 8.25 Å². The Balaban J connectivity index is 3.60. The van der Waals surface area contributed by atoms with Gasteiger partial charge in [0.1, 0.15) is 6.61 Å². The van der Waals surface area contributed by atoms with Gasteiger partial charge in [-0.25, -0.2) is 0 Å². The third-order valence-electron chi connectivity index (χ3n) is 1.38. The molecule has 0 bridgehead atoms. The summed E-state index contributed by atoms with van der Waals surface area (Å²) in [5.74, 6) is 0. The van der Waals surface area contributed by atoms with E-state index in [4.69, 9.17) is 0 Å². The molecule has 0 radical (unpaired) electrons. The first-order chi connectivity index (χ1) is 6.20. The van der Waals surface area contributed by atoms with Crippen molar-refractivity contribution in [2.45, 2.75) is 0 Å². The number of hydrogen-bond acceptors (Lipinski definition) is 4. The Kier molecular flexibility index (Phi) is 7.74. The van der Waals surface area contributed by atoms with Gasteiger partial charge in [-0.15, -0.1) is 17.7 Å². The van der Waals surface area contributed by atoms with E-state index in [1.165, 1.54) is 0 Å². The lowest BCUT2D eigenvalue weighted by atomic mass is 10.4. The summed E-state index contributed by atoms with van der Waals surface area (Å²) in [6.07, 6.45) is 3.50. The van der Waals surface area contributed by atoms with Crippen molar-refractivity contribution >= 4 is 8.25 Å². The first-order valence-electron chi connectivity index (χ1n) is 3.92. The normalized spacial score (nSPS) is 11.4. The molecular weight excluding hydrogens is 189 g/mol. The van der Waals surface area contributed by atoms with Gasteiger partial charge in [-0.1, -0.05) is 12.2 Å². The highest BCUT2D eigenvalue weighted by Crippen LogP contribution is 2.07. The van der Waals surface area contributed by atoms with Gasteiger partial charge in [0.2, 0.25) is 0 Å². The van der Waals surface area contributed by atoms with E-state index in [1.807, 2.05) is 4.90 Å². The molecule has 0 saturated carbocycles. The van der Waals surface area contributed by atoms with Crippen LogP contribution in [0.2, 0.25) is 0 Å². The van der Waals surface area contributed by atoms with Gasteiger partial charge in [-0.3, -0.25) is 4.90 Å². The van der Waals surface area contributed by atoms with Crippen molar-refractivity contribution in [3.8, 4) is 0 Å². The van der Waals surface area contributed by atoms with Crippen LogP contribution in [0.4, 0.5) is 0 Å². The second kappa shape index (κ2) is 8.08. The lowest BCUT2D eigenvalue weighted by Crippen LogP contribution is -2.27. The van der Waals surface area contributed by atoms with E-state index in [0.717, 1.165) is 0 Å². The van der Waals surface area contributed by atoms with Gasteiger partial charge in [-0.2, -0.15) is 0 Å². The SMILES string of the molecule is C=CCN(CC=C)CCO[P+](=O)[O-]. The van der Waals surface area contributed by atoms with Crippen molar-refractivity contribution in [1.29, 1.82) is 0 Å². The molecule has 0 aromatic carbocycles. The van der Waals surface area contributed by atoms with Gasteiger partial charge in [0, 0.05) is 19.6 Å². The summed E-state index contributed by atoms with van der Waals surface area (Å²) in [6, 6.07) is 0. The Morgan fingerprint density at radius 3 is 2.31 bits per heavy atom. The third-order valence-corrected chi connectivity index (χ3v) is 1.77. The van der Waals surface area contributed by atoms with Crippen LogP contribution in [0, 0.1) is 0 Å². The molecule has 0 aliphatic carbocycles. The molecule has 0 saturated heterocycles. The van der Waals surface area contributed by atoms with E-state index in [-0.39, 0.29) is 6.61 Å². The molecule has 0 aromatic heterocycles. The molecule has 5 heteroatoms. The number of rotatable bonds is 8. The first-order valence-corrected chi connectivity index (χ1v) is 5.01. The van der Waals surface area contributed by atoms with E-state index in [9.17, 15) is 9.46 Å². The van der Waals surface area contributed by atoms with Crippen LogP contribution in [-0.4, -0.2) is 31.1 Å². The number of hydrogen-bond donors (Lipinski definition) is 0. The Morgan fingerprint density at radius 1 is 1.38 bits per heavy atom. The zero-order valence-electron chi connectivity index (χ0n) is 7.52. The van der Waals surface area contributed by atoms with Crippen molar-refractivity contribution in [2.24, 2.45) is 0 Å². The molecule has 0 rings (SSSR count). The van der Waals surface area contributed by atoms with Crippen molar-refractivity contribution in [2.75, 3.05) is 26.2 Å². The van der Waals surface area contributed by atoms with Crippen LogP contribution in [0.25, 0.3) is 0 Å². The molecule has 0 N–H and O–H groups in total. The predicted octanol–water partition coefficient (Wildman–Crippen LogP) is 0.695. The maximum atomic E-state index is 10.1. The van der Waals surface area contributed by atoms with Crippen LogP contribution in [0.5, 0.6) is 0 Å². The summed E-state index contributed by atoms with van der Waals surface area (Å²) in [4.78, 5) is 12.0. The van der Waals surface area contributed by atoms with E-state index in [1.54, 1.807) is 12.2 Å². The second-order valence-electron chi connectivity index (χ2n) is 2.39. The third kappa shape index (κ3) is 7.81. The summed E-state index contributed by atoms with van der Waals surface area (Å²) in [7, 11) is -2.73. The highest BCUT2D eigenvalue weighted by atomic mass is 31.1. The lowest BCUT2D eigenvalue weighted by molar-refractivity contribution is -0.185. The van der Waals surface area contributed by atoms with E-state index >= 15 is 0 Å². The minimum absolute atomic E-state index is 0.181. The average molecular weight is 203 g/mol. The van der Waals surface area contributed by atoms with Crippen molar-refractivity contribution in [3.05, 3.63) is 25.3 Å². The zero-order valence-corrected chi connectivity index (χ0v) is 8.41. The minimum Gasteiger partial charge on any atom is -0.566 e. The van der Waals surface area contributed by atoms with Gasteiger partial charge in [0.05, 0.1) is 0 Å². The minimum atomic E-state index is -2.73. The zero-order chi connectivity index (χ0) is 10.1. The summed E-state index contributed by atoms with van der Waals surface area (Å²) in [6.45, 7) is 9.32. The largest absolute Gasteiger partial charge is 0.566 e. The molecule has 0 fully saturated rings. The molecule has 1 atom stereocenters. The molecule has 74 valence electrons. The monoisotopic (exact) mass is 203 g/mol. The predicted molar refractivity (Wildman–Crippen MR) is 50.4 cm³/mol. The summed E-state index contributed by atoms with van der Waals surface area (Å²) in [5, 5.41) is 0. The van der Waals surface area contributed by atoms with Crippen LogP contribution in [0.3, 0.4) is 0 Å². The van der Waals surface area contributed by atoms with Crippen LogP contribution in [0.1, 0.15) is 0 Å². The Morgan fingerprint density at radius 2 is 1.92 bits per heavy atom. The molecule has 13 heavy (non-hydrogen) atoms. The van der Waals surface area contributed by atoms with Gasteiger partial charge in [0.25, 0.3) is 0 Å². The van der Waals surface area contributed by atoms with Crippen LogP contribution < -0.4 is 4.89 Å². The summed E-state index contributed by atoms with van der Waals surface area (Å²) < 4.78 is 14.5. The van der Waals surface area contributed by atoms with Crippen LogP contribution in [0.15, 0.2) is 25.3 Å². The molecule has 0 heterocycles. The Labute approximate surface area is 79.5 Å². The smallest absolute Gasteiger partial charge is 0.488 e. The van der Waals surface area contributed by atoms with Gasteiger partial charge < -0.3 is 4.89 Å². The fraction of sp³-hybridized carbons (Fsp3) is 0.500. The van der Waals surface area contributed by atoms with Gasteiger partial charge >= 0.3 is 8.25 Å². The number of nitrogens with zero attached hydrogens (tertiary/aromatic N) is 1. The molecule has 0 aromatic rings. The van der Waals surface area contributed by atoms with Crippen molar-refractivity contribution < 1.29 is 14.0 Å². The van der Waals surface area contributed by atoms with Crippen molar-refractivity contribution in [1.82, 2.24) is 4.90 Å². The van der Waals surface area contributed by atoms with Gasteiger partial charge in [0.15, 0.2) is 0 Å². The molecule has 0 aliphatic heterocycles. The first kappa shape index (κ1) is 12.5. The lowest BCUT2D eigenvalue weighted by Gasteiger charge is -2.16. The fourth-order valence-corrected chi connectivity index (χ4v) is 1.10. The molecule has 1 unspecified atom stereocenters. The van der Waals surface area contributed by atoms with E-state index < -0.39 is 8.25 Å². The van der Waals surface area contributed by atoms with E-state index in [2.05, 4.69) is 17.7 Å². The standard InChI is InChI=1S/C8H14NO3P/c1-3-5-9(6-4-2)7-8-12-13(10)11/h3-4H,1-2,5-8H2. The highest BCUT2D eigenvalue weighted by Gasteiger charge is 2.04. The van der Waals surface area contributed by atoms with Crippen molar-refractivity contribution in [3.63, 3.8) is 0 Å². The van der Waals surface area contributed by atoms with Gasteiger partial charge in [-0.05, 0) is 4.57 Å². The van der Waals surface area contributed by atoms with E-state index in [0.29, 0.717) is 19.6 Å². The average Bonchev–Trinajstić information content (AvgIpc) is 2.04. The topological polar surface area (TPSA) is 52.6 Å². The Hall–Kier alpha value is -0.540. The molecule has 0 spiro atoms. The maximum Gasteiger partial charge on any atom is 0.488 e. The quantitative estimate of drug-likeness (QED) is 0.430. The molecule has 0 aliphatic rings. The van der Waals surface area contributed by atoms with Crippen LogP contribution in [-0.2, 0) is 9.09 Å².